The second-order valence-corrected chi connectivity index (χ2v) is 8.76. The number of likely N-dealkylation sites (tertiary alicyclic amines) is 1. The van der Waals surface area contributed by atoms with Gasteiger partial charge < -0.3 is 10.2 Å². The fraction of sp³-hybridized carbons (Fsp3) is 0.526. The standard InChI is InChI=1S/C19H26N4OS/c1-19(2,3)20-18(24)23-11-7-10-15(13-23)17-22-21-16(25-17)12-14-8-5-4-6-9-14/h4-6,8-9,15H,7,10-13H2,1-3H3,(H,20,24). The van der Waals surface area contributed by atoms with Crippen molar-refractivity contribution in [2.24, 2.45) is 0 Å². The van der Waals surface area contributed by atoms with E-state index in [2.05, 4.69) is 27.6 Å². The van der Waals surface area contributed by atoms with E-state index in [-0.39, 0.29) is 11.6 Å². The van der Waals surface area contributed by atoms with Gasteiger partial charge in [-0.05, 0) is 39.2 Å². The highest BCUT2D eigenvalue weighted by Crippen LogP contribution is 2.30. The second kappa shape index (κ2) is 7.52. The summed E-state index contributed by atoms with van der Waals surface area (Å²) in [4.78, 5) is 14.3. The van der Waals surface area contributed by atoms with Crippen LogP contribution in [0.25, 0.3) is 0 Å². The fourth-order valence-electron chi connectivity index (χ4n) is 3.04. The average Bonchev–Trinajstić information content (AvgIpc) is 3.03. The summed E-state index contributed by atoms with van der Waals surface area (Å²) in [5.41, 5.74) is 1.04. The lowest BCUT2D eigenvalue weighted by Crippen LogP contribution is -2.51. The molecule has 25 heavy (non-hydrogen) atoms. The highest BCUT2D eigenvalue weighted by molar-refractivity contribution is 7.11. The first-order valence-electron chi connectivity index (χ1n) is 8.84. The van der Waals surface area contributed by atoms with Crippen molar-refractivity contribution >= 4 is 17.4 Å². The first-order valence-corrected chi connectivity index (χ1v) is 9.66. The summed E-state index contributed by atoms with van der Waals surface area (Å²) in [5.74, 6) is 0.293. The number of carbonyl (C=O) groups is 1. The molecule has 0 spiro atoms. The van der Waals surface area contributed by atoms with Crippen LogP contribution in [0.4, 0.5) is 4.79 Å². The van der Waals surface area contributed by atoms with E-state index in [0.29, 0.717) is 5.92 Å². The molecule has 1 N–H and O–H groups in total. The van der Waals surface area contributed by atoms with Crippen molar-refractivity contribution in [2.75, 3.05) is 13.1 Å². The predicted octanol–water partition coefficient (Wildman–Crippen LogP) is 3.82. The quantitative estimate of drug-likeness (QED) is 0.907. The van der Waals surface area contributed by atoms with E-state index in [1.54, 1.807) is 11.3 Å². The molecule has 6 heteroatoms. The van der Waals surface area contributed by atoms with Gasteiger partial charge in [-0.25, -0.2) is 4.79 Å². The molecule has 1 atom stereocenters. The zero-order valence-corrected chi connectivity index (χ0v) is 16.0. The maximum Gasteiger partial charge on any atom is 0.317 e. The number of carbonyl (C=O) groups excluding carboxylic acids is 1. The van der Waals surface area contributed by atoms with Crippen molar-refractivity contribution in [1.82, 2.24) is 20.4 Å². The van der Waals surface area contributed by atoms with Crippen molar-refractivity contribution < 1.29 is 4.79 Å². The topological polar surface area (TPSA) is 58.1 Å². The van der Waals surface area contributed by atoms with Crippen molar-refractivity contribution in [3.8, 4) is 0 Å². The number of piperidine rings is 1. The Kier molecular flexibility index (Phi) is 5.37. The van der Waals surface area contributed by atoms with Crippen molar-refractivity contribution in [1.29, 1.82) is 0 Å². The first-order chi connectivity index (χ1) is 11.9. The van der Waals surface area contributed by atoms with Gasteiger partial charge in [0, 0.05) is 31.0 Å². The molecule has 1 fully saturated rings. The number of hydrogen-bond donors (Lipinski definition) is 1. The van der Waals surface area contributed by atoms with Crippen LogP contribution in [0.15, 0.2) is 30.3 Å². The molecule has 0 radical (unpaired) electrons. The first kappa shape index (κ1) is 17.9. The summed E-state index contributed by atoms with van der Waals surface area (Å²) < 4.78 is 0. The Labute approximate surface area is 153 Å². The Morgan fingerprint density at radius 3 is 2.76 bits per heavy atom. The van der Waals surface area contributed by atoms with Gasteiger partial charge in [0.2, 0.25) is 0 Å². The minimum Gasteiger partial charge on any atom is -0.333 e. The van der Waals surface area contributed by atoms with Gasteiger partial charge in [-0.2, -0.15) is 0 Å². The van der Waals surface area contributed by atoms with Crippen LogP contribution in [0.3, 0.4) is 0 Å². The number of rotatable bonds is 3. The molecule has 134 valence electrons. The molecule has 1 aliphatic rings. The minimum absolute atomic E-state index is 0.0197. The number of urea groups is 1. The zero-order valence-electron chi connectivity index (χ0n) is 15.2. The molecule has 1 saturated heterocycles. The molecular formula is C19H26N4OS. The summed E-state index contributed by atoms with van der Waals surface area (Å²) >= 11 is 1.68. The van der Waals surface area contributed by atoms with Crippen molar-refractivity contribution in [3.05, 3.63) is 45.9 Å². The maximum atomic E-state index is 12.4. The smallest absolute Gasteiger partial charge is 0.317 e. The SMILES string of the molecule is CC(C)(C)NC(=O)N1CCCC(c2nnc(Cc3ccccc3)s2)C1. The molecule has 3 rings (SSSR count). The molecule has 2 amide bonds. The van der Waals surface area contributed by atoms with E-state index in [9.17, 15) is 4.79 Å². The van der Waals surface area contributed by atoms with Crippen LogP contribution in [-0.4, -0.2) is 39.8 Å². The second-order valence-electron chi connectivity index (χ2n) is 7.66. The molecule has 1 aromatic carbocycles. The molecule has 0 saturated carbocycles. The number of amides is 2. The number of nitrogens with zero attached hydrogens (tertiary/aromatic N) is 3. The predicted molar refractivity (Wildman–Crippen MR) is 101 cm³/mol. The lowest BCUT2D eigenvalue weighted by atomic mass is 9.99. The Bertz CT molecular complexity index is 708. The molecule has 2 heterocycles. The minimum atomic E-state index is -0.213. The summed E-state index contributed by atoms with van der Waals surface area (Å²) in [6.07, 6.45) is 2.90. The molecular weight excluding hydrogens is 332 g/mol. The Hall–Kier alpha value is -1.95. The van der Waals surface area contributed by atoms with Crippen LogP contribution in [0, 0.1) is 0 Å². The Morgan fingerprint density at radius 2 is 2.04 bits per heavy atom. The number of aromatic nitrogens is 2. The van der Waals surface area contributed by atoms with Gasteiger partial charge in [0.1, 0.15) is 10.0 Å². The van der Waals surface area contributed by atoms with Crippen LogP contribution in [-0.2, 0) is 6.42 Å². The van der Waals surface area contributed by atoms with Crippen LogP contribution < -0.4 is 5.32 Å². The van der Waals surface area contributed by atoms with Crippen molar-refractivity contribution in [2.45, 2.75) is 51.5 Å². The molecule has 1 aliphatic heterocycles. The van der Waals surface area contributed by atoms with Gasteiger partial charge in [0.15, 0.2) is 0 Å². The van der Waals surface area contributed by atoms with E-state index in [4.69, 9.17) is 0 Å². The van der Waals surface area contributed by atoms with Gasteiger partial charge in [-0.3, -0.25) is 0 Å². The summed E-state index contributed by atoms with van der Waals surface area (Å²) in [6.45, 7) is 7.56. The normalized spacial score (nSPS) is 18.2. The van der Waals surface area contributed by atoms with E-state index < -0.39 is 0 Å². The fourth-order valence-corrected chi connectivity index (χ4v) is 4.04. The summed E-state index contributed by atoms with van der Waals surface area (Å²) in [5, 5.41) is 13.9. The Balaban J connectivity index is 1.63. The van der Waals surface area contributed by atoms with E-state index in [1.807, 2.05) is 43.9 Å². The molecule has 1 unspecified atom stereocenters. The van der Waals surface area contributed by atoms with Crippen LogP contribution in [0.1, 0.15) is 55.1 Å². The lowest BCUT2D eigenvalue weighted by Gasteiger charge is -2.34. The van der Waals surface area contributed by atoms with Gasteiger partial charge in [-0.1, -0.05) is 30.3 Å². The van der Waals surface area contributed by atoms with Crippen LogP contribution in [0.2, 0.25) is 0 Å². The van der Waals surface area contributed by atoms with Gasteiger partial charge in [0.05, 0.1) is 0 Å². The van der Waals surface area contributed by atoms with Crippen molar-refractivity contribution in [3.63, 3.8) is 0 Å². The maximum absolute atomic E-state index is 12.4. The largest absolute Gasteiger partial charge is 0.333 e. The van der Waals surface area contributed by atoms with E-state index in [0.717, 1.165) is 42.4 Å². The summed E-state index contributed by atoms with van der Waals surface area (Å²) in [6, 6.07) is 10.4. The number of benzene rings is 1. The van der Waals surface area contributed by atoms with E-state index >= 15 is 0 Å². The van der Waals surface area contributed by atoms with Crippen LogP contribution >= 0.6 is 11.3 Å². The Morgan fingerprint density at radius 1 is 1.28 bits per heavy atom. The molecule has 2 aromatic rings. The molecule has 1 aromatic heterocycles. The number of nitrogens with one attached hydrogen (secondary N) is 1. The third kappa shape index (κ3) is 5.01. The third-order valence-electron chi connectivity index (χ3n) is 4.22. The highest BCUT2D eigenvalue weighted by Gasteiger charge is 2.28. The average molecular weight is 359 g/mol. The highest BCUT2D eigenvalue weighted by atomic mass is 32.1. The summed E-state index contributed by atoms with van der Waals surface area (Å²) in [7, 11) is 0. The van der Waals surface area contributed by atoms with Crippen LogP contribution in [0.5, 0.6) is 0 Å². The number of hydrogen-bond acceptors (Lipinski definition) is 4. The van der Waals surface area contributed by atoms with Gasteiger partial charge in [0.25, 0.3) is 0 Å². The third-order valence-corrected chi connectivity index (χ3v) is 5.31. The zero-order chi connectivity index (χ0) is 17.9. The van der Waals surface area contributed by atoms with E-state index in [1.165, 1.54) is 5.56 Å². The van der Waals surface area contributed by atoms with Gasteiger partial charge >= 0.3 is 6.03 Å². The molecule has 0 bridgehead atoms. The molecule has 0 aliphatic carbocycles. The molecule has 5 nitrogen and oxygen atoms in total. The monoisotopic (exact) mass is 358 g/mol. The lowest BCUT2D eigenvalue weighted by molar-refractivity contribution is 0.171. The van der Waals surface area contributed by atoms with Gasteiger partial charge in [-0.15, -0.1) is 21.5 Å².